The molecule has 0 aliphatic heterocycles. The molecule has 1 heteroatoms. The maximum absolute atomic E-state index is 2.62. The van der Waals surface area contributed by atoms with Gasteiger partial charge in [0, 0.05) is 27.5 Å². The minimum Gasteiger partial charge on any atom is -0.309 e. The van der Waals surface area contributed by atoms with Crippen molar-refractivity contribution >= 4 is 17.1 Å². The van der Waals surface area contributed by atoms with E-state index in [1.54, 1.807) is 0 Å². The Morgan fingerprint density at radius 3 is 1.28 bits per heavy atom. The van der Waals surface area contributed by atoms with E-state index in [2.05, 4.69) is 257 Å². The lowest BCUT2D eigenvalue weighted by Crippen LogP contribution is -2.26. The van der Waals surface area contributed by atoms with Crippen LogP contribution in [-0.4, -0.2) is 0 Å². The molecule has 0 N–H and O–H groups in total. The van der Waals surface area contributed by atoms with Crippen molar-refractivity contribution in [3.63, 3.8) is 0 Å². The first-order valence-corrected chi connectivity index (χ1v) is 24.2. The Balaban J connectivity index is 1.07. The van der Waals surface area contributed by atoms with Crippen molar-refractivity contribution in [2.24, 2.45) is 0 Å². The highest BCUT2D eigenvalue weighted by atomic mass is 15.2. The summed E-state index contributed by atoms with van der Waals surface area (Å²) in [5.74, 6) is 0. The molecule has 0 unspecified atom stereocenters. The van der Waals surface area contributed by atoms with Crippen molar-refractivity contribution in [3.8, 4) is 66.8 Å². The fourth-order valence-electron chi connectivity index (χ4n) is 13.5. The predicted molar refractivity (Wildman–Crippen MR) is 283 cm³/mol. The summed E-state index contributed by atoms with van der Waals surface area (Å²) in [5.41, 5.74) is 28.9. The maximum atomic E-state index is 2.62. The van der Waals surface area contributed by atoms with Crippen molar-refractivity contribution in [2.75, 3.05) is 4.90 Å². The van der Waals surface area contributed by atoms with Gasteiger partial charge in [0.15, 0.2) is 0 Å². The van der Waals surface area contributed by atoms with Gasteiger partial charge in [0.05, 0.1) is 22.5 Å². The molecule has 0 fully saturated rings. The lowest BCUT2D eigenvalue weighted by atomic mass is 9.70. The molecule has 0 aromatic heterocycles. The maximum Gasteiger partial charge on any atom is 0.0726 e. The van der Waals surface area contributed by atoms with Gasteiger partial charge in [0.25, 0.3) is 0 Å². The van der Waals surface area contributed by atoms with E-state index in [1.165, 1.54) is 111 Å². The van der Waals surface area contributed by atoms with Crippen molar-refractivity contribution < 1.29 is 0 Å². The molecule has 10 aromatic carbocycles. The normalized spacial score (nSPS) is 15.1. The van der Waals surface area contributed by atoms with Crippen molar-refractivity contribution in [1.29, 1.82) is 0 Å². The van der Waals surface area contributed by atoms with Gasteiger partial charge in [-0.3, -0.25) is 0 Å². The molecule has 0 saturated carbocycles. The number of nitrogens with zero attached hydrogens (tertiary/aromatic N) is 1. The summed E-state index contributed by atoms with van der Waals surface area (Å²) < 4.78 is 0. The largest absolute Gasteiger partial charge is 0.309 e. The molecule has 0 bridgehead atoms. The van der Waals surface area contributed by atoms with Crippen molar-refractivity contribution in [2.45, 2.75) is 43.9 Å². The monoisotopic (exact) mass is 867 g/mol. The van der Waals surface area contributed by atoms with E-state index in [9.17, 15) is 0 Å². The third-order valence-electron chi connectivity index (χ3n) is 16.3. The molecular formula is C67H49N. The molecule has 4 aliphatic carbocycles. The summed E-state index contributed by atoms with van der Waals surface area (Å²) in [6.07, 6.45) is 0. The average Bonchev–Trinajstić information content (AvgIpc) is 4.02. The van der Waals surface area contributed by atoms with Crippen LogP contribution in [0.3, 0.4) is 0 Å². The minimum absolute atomic E-state index is 0.132. The molecule has 0 amide bonds. The Hall–Kier alpha value is -8.00. The Bertz CT molecular complexity index is 3720. The van der Waals surface area contributed by atoms with Gasteiger partial charge in [-0.2, -0.15) is 0 Å². The van der Waals surface area contributed by atoms with Gasteiger partial charge in [0.1, 0.15) is 0 Å². The zero-order chi connectivity index (χ0) is 45.5. The summed E-state index contributed by atoms with van der Waals surface area (Å²) >= 11 is 0. The van der Waals surface area contributed by atoms with Gasteiger partial charge in [-0.15, -0.1) is 0 Å². The summed E-state index contributed by atoms with van der Waals surface area (Å²) in [6.45, 7) is 9.58. The Morgan fingerprint density at radius 2 is 0.647 bits per heavy atom. The first-order valence-electron chi connectivity index (χ1n) is 24.2. The van der Waals surface area contributed by atoms with E-state index >= 15 is 0 Å². The zero-order valence-corrected chi connectivity index (χ0v) is 38.8. The van der Waals surface area contributed by atoms with Crippen LogP contribution in [0, 0.1) is 0 Å². The van der Waals surface area contributed by atoms with Gasteiger partial charge in [-0.1, -0.05) is 228 Å². The first kappa shape index (κ1) is 39.2. The molecule has 322 valence electrons. The van der Waals surface area contributed by atoms with Gasteiger partial charge in [-0.25, -0.2) is 0 Å². The van der Waals surface area contributed by atoms with E-state index in [-0.39, 0.29) is 10.8 Å². The molecule has 0 saturated heterocycles. The van der Waals surface area contributed by atoms with Gasteiger partial charge >= 0.3 is 0 Å². The van der Waals surface area contributed by atoms with Crippen LogP contribution in [0.25, 0.3) is 66.8 Å². The topological polar surface area (TPSA) is 3.24 Å². The third kappa shape index (κ3) is 5.01. The summed E-state index contributed by atoms with van der Waals surface area (Å²) in [4.78, 5) is 2.62. The second kappa shape index (κ2) is 14.0. The average molecular weight is 868 g/mol. The van der Waals surface area contributed by atoms with Crippen LogP contribution in [0.15, 0.2) is 224 Å². The molecule has 4 aliphatic rings. The lowest BCUT2D eigenvalue weighted by molar-refractivity contribution is 0.660. The van der Waals surface area contributed by atoms with Crippen LogP contribution in [0.5, 0.6) is 0 Å². The number of hydrogen-bond donors (Lipinski definition) is 0. The number of rotatable bonds is 5. The number of anilines is 3. The molecule has 0 radical (unpaired) electrons. The van der Waals surface area contributed by atoms with Crippen molar-refractivity contribution in [3.05, 3.63) is 269 Å². The molecule has 0 atom stereocenters. The Labute approximate surface area is 399 Å². The fraction of sp³-hybridized carbons (Fsp3) is 0.104. The minimum atomic E-state index is -0.476. The quantitative estimate of drug-likeness (QED) is 0.167. The van der Waals surface area contributed by atoms with E-state index in [4.69, 9.17) is 0 Å². The highest BCUT2D eigenvalue weighted by Gasteiger charge is 2.52. The predicted octanol–water partition coefficient (Wildman–Crippen LogP) is 17.4. The molecule has 14 rings (SSSR count). The van der Waals surface area contributed by atoms with Gasteiger partial charge in [-0.05, 0) is 119 Å². The smallest absolute Gasteiger partial charge is 0.0726 e. The van der Waals surface area contributed by atoms with E-state index in [0.29, 0.717) is 0 Å². The molecule has 10 aromatic rings. The van der Waals surface area contributed by atoms with Crippen LogP contribution in [0.2, 0.25) is 0 Å². The summed E-state index contributed by atoms with van der Waals surface area (Å²) in [6, 6.07) is 85.0. The second-order valence-electron chi connectivity index (χ2n) is 20.3. The highest BCUT2D eigenvalue weighted by Crippen LogP contribution is 2.65. The van der Waals surface area contributed by atoms with E-state index in [0.717, 1.165) is 17.1 Å². The van der Waals surface area contributed by atoms with Crippen LogP contribution < -0.4 is 4.90 Å². The summed E-state index contributed by atoms with van der Waals surface area (Å²) in [7, 11) is 0. The molecule has 1 nitrogen and oxygen atoms in total. The molecule has 1 spiro atoms. The SMILES string of the molecule is CC1(C)c2ccccc2-c2ccc(-c3ccccc3N(c3ccccc3-c3cccc4c3C(C)(C)c3ccccc3-4)c3cccc4c3-c3ccccc3C43c4ccccc4-c4ccccc43)cc21. The van der Waals surface area contributed by atoms with Crippen LogP contribution >= 0.6 is 0 Å². The van der Waals surface area contributed by atoms with E-state index in [1.807, 2.05) is 0 Å². The lowest BCUT2D eigenvalue weighted by Gasteiger charge is -2.34. The Morgan fingerprint density at radius 1 is 0.265 bits per heavy atom. The third-order valence-corrected chi connectivity index (χ3v) is 16.3. The van der Waals surface area contributed by atoms with Crippen LogP contribution in [-0.2, 0) is 16.2 Å². The standard InChI is InChI=1S/C67H49N/c1-65(2)53-30-12-5-22-44(53)48-40-39-42(41-59(48)65)43-21-10-17-36-60(43)68(61-37-18-11-26-49(61)51-29-19-28-50-47-25-6-13-31-54(47)66(3,4)64(50)51)62-38-20-35-58-63(62)52-27-9-16-34-57(52)67(58)55-32-14-7-23-45(55)46-24-8-15-33-56(46)67/h5-41H,1-4H3. The fourth-order valence-corrected chi connectivity index (χ4v) is 13.5. The summed E-state index contributed by atoms with van der Waals surface area (Å²) in [5, 5.41) is 0. The number of benzene rings is 10. The van der Waals surface area contributed by atoms with E-state index < -0.39 is 5.41 Å². The molecule has 0 heterocycles. The van der Waals surface area contributed by atoms with Crippen molar-refractivity contribution in [1.82, 2.24) is 0 Å². The van der Waals surface area contributed by atoms with Gasteiger partial charge in [0.2, 0.25) is 0 Å². The number of para-hydroxylation sites is 2. The van der Waals surface area contributed by atoms with Crippen LogP contribution in [0.1, 0.15) is 72.2 Å². The zero-order valence-electron chi connectivity index (χ0n) is 38.8. The molecule has 68 heavy (non-hydrogen) atoms. The second-order valence-corrected chi connectivity index (χ2v) is 20.3. The van der Waals surface area contributed by atoms with Crippen LogP contribution in [0.4, 0.5) is 17.1 Å². The molecular weight excluding hydrogens is 819 g/mol. The number of hydrogen-bond acceptors (Lipinski definition) is 1. The number of fused-ring (bicyclic) bond motifs is 16. The first-order chi connectivity index (χ1) is 33.3. The Kier molecular flexibility index (Phi) is 8.08. The van der Waals surface area contributed by atoms with Gasteiger partial charge < -0.3 is 4.90 Å². The highest BCUT2D eigenvalue weighted by molar-refractivity contribution is 6.05.